The van der Waals surface area contributed by atoms with Crippen LogP contribution in [-0.2, 0) is 16.0 Å². The van der Waals surface area contributed by atoms with Crippen molar-refractivity contribution in [1.82, 2.24) is 4.57 Å². The molecule has 0 saturated carbocycles. The zero-order valence-electron chi connectivity index (χ0n) is 9.73. The molecule has 1 aromatic heterocycles. The molecule has 0 aliphatic heterocycles. The first-order chi connectivity index (χ1) is 7.69. The summed E-state index contributed by atoms with van der Waals surface area (Å²) >= 11 is 0. The van der Waals surface area contributed by atoms with Crippen LogP contribution in [0, 0.1) is 0 Å². The summed E-state index contributed by atoms with van der Waals surface area (Å²) in [6, 6.07) is 1.60. The number of carbonyl (C=O) groups is 1. The van der Waals surface area contributed by atoms with Crippen molar-refractivity contribution in [2.45, 2.75) is 19.9 Å². The van der Waals surface area contributed by atoms with Crippen molar-refractivity contribution in [1.29, 1.82) is 0 Å². The highest BCUT2D eigenvalue weighted by Crippen LogP contribution is 2.11. The zero-order valence-corrected chi connectivity index (χ0v) is 9.73. The number of esters is 1. The number of ether oxygens (including phenoxy) is 2. The van der Waals surface area contributed by atoms with E-state index in [1.54, 1.807) is 16.8 Å². The van der Waals surface area contributed by atoms with Crippen molar-refractivity contribution >= 4 is 11.7 Å². The molecule has 0 aliphatic carbocycles. The summed E-state index contributed by atoms with van der Waals surface area (Å²) in [6.07, 6.45) is 2.69. The lowest BCUT2D eigenvalue weighted by Gasteiger charge is -2.07. The van der Waals surface area contributed by atoms with Gasteiger partial charge in [-0.2, -0.15) is 0 Å². The normalized spacial score (nSPS) is 10.4. The van der Waals surface area contributed by atoms with Gasteiger partial charge < -0.3 is 19.8 Å². The Bertz CT molecular complexity index is 347. The largest absolute Gasteiger partial charge is 0.464 e. The Balaban J connectivity index is 2.60. The third-order valence-electron chi connectivity index (χ3n) is 2.14. The molecule has 2 N–H and O–H groups in total. The van der Waals surface area contributed by atoms with E-state index < -0.39 is 0 Å². The molecule has 0 atom stereocenters. The molecule has 0 spiro atoms. The minimum Gasteiger partial charge on any atom is -0.464 e. The molecule has 0 saturated heterocycles. The lowest BCUT2D eigenvalue weighted by atomic mass is 10.4. The van der Waals surface area contributed by atoms with E-state index in [9.17, 15) is 4.79 Å². The number of hydrogen-bond acceptors (Lipinski definition) is 4. The third kappa shape index (κ3) is 3.27. The first kappa shape index (κ1) is 12.6. The number of rotatable bonds is 6. The van der Waals surface area contributed by atoms with Crippen LogP contribution in [0.5, 0.6) is 0 Å². The molecule has 0 fully saturated rings. The highest BCUT2D eigenvalue weighted by Gasteiger charge is 2.12. The molecule has 0 amide bonds. The predicted octanol–water partition coefficient (Wildman–Crippen LogP) is 1.28. The standard InChI is InChI=1S/C11H18N2O3/c1-3-5-16-6-4-13-8-9(12)7-10(13)11(14)15-2/h7-8H,3-6,12H2,1-2H3. The molecule has 0 radical (unpaired) electrons. The maximum absolute atomic E-state index is 11.4. The molecule has 1 aromatic rings. The summed E-state index contributed by atoms with van der Waals surface area (Å²) in [5.74, 6) is -0.382. The van der Waals surface area contributed by atoms with Gasteiger partial charge in [-0.3, -0.25) is 0 Å². The number of anilines is 1. The van der Waals surface area contributed by atoms with E-state index in [4.69, 9.17) is 10.5 Å². The van der Waals surface area contributed by atoms with Crippen LogP contribution in [0.1, 0.15) is 23.8 Å². The van der Waals surface area contributed by atoms with Crippen molar-refractivity contribution < 1.29 is 14.3 Å². The van der Waals surface area contributed by atoms with Gasteiger partial charge in [-0.15, -0.1) is 0 Å². The fourth-order valence-corrected chi connectivity index (χ4v) is 1.40. The van der Waals surface area contributed by atoms with E-state index >= 15 is 0 Å². The number of nitrogen functional groups attached to an aromatic ring is 1. The van der Waals surface area contributed by atoms with Crippen molar-refractivity contribution in [3.8, 4) is 0 Å². The monoisotopic (exact) mass is 226 g/mol. The minimum atomic E-state index is -0.382. The van der Waals surface area contributed by atoms with Gasteiger partial charge in [0.25, 0.3) is 0 Å². The van der Waals surface area contributed by atoms with Gasteiger partial charge in [0, 0.05) is 19.3 Å². The third-order valence-corrected chi connectivity index (χ3v) is 2.14. The fraction of sp³-hybridized carbons (Fsp3) is 0.545. The number of nitrogens with zero attached hydrogens (tertiary/aromatic N) is 1. The van der Waals surface area contributed by atoms with E-state index in [0.717, 1.165) is 13.0 Å². The Kier molecular flexibility index (Phi) is 4.85. The van der Waals surface area contributed by atoms with Crippen LogP contribution < -0.4 is 5.73 Å². The summed E-state index contributed by atoms with van der Waals surface area (Å²) in [5.41, 5.74) is 6.64. The fourth-order valence-electron chi connectivity index (χ4n) is 1.40. The Labute approximate surface area is 95.1 Å². The van der Waals surface area contributed by atoms with Crippen molar-refractivity contribution in [3.63, 3.8) is 0 Å². The molecule has 5 heteroatoms. The number of aromatic nitrogens is 1. The molecule has 0 bridgehead atoms. The van der Waals surface area contributed by atoms with Gasteiger partial charge in [0.1, 0.15) is 5.69 Å². The van der Waals surface area contributed by atoms with E-state index in [0.29, 0.717) is 24.5 Å². The predicted molar refractivity (Wildman–Crippen MR) is 61.3 cm³/mol. The SMILES string of the molecule is CCCOCCn1cc(N)cc1C(=O)OC. The van der Waals surface area contributed by atoms with Crippen molar-refractivity contribution in [3.05, 3.63) is 18.0 Å². The Morgan fingerprint density at radius 3 is 2.88 bits per heavy atom. The average molecular weight is 226 g/mol. The van der Waals surface area contributed by atoms with Crippen LogP contribution >= 0.6 is 0 Å². The van der Waals surface area contributed by atoms with Crippen LogP contribution in [-0.4, -0.2) is 30.9 Å². The number of carbonyl (C=O) groups excluding carboxylic acids is 1. The maximum atomic E-state index is 11.4. The summed E-state index contributed by atoms with van der Waals surface area (Å²) in [4.78, 5) is 11.4. The van der Waals surface area contributed by atoms with Crippen LogP contribution in [0.15, 0.2) is 12.3 Å². The van der Waals surface area contributed by atoms with Crippen LogP contribution in [0.2, 0.25) is 0 Å². The molecule has 16 heavy (non-hydrogen) atoms. The molecule has 0 aliphatic rings. The van der Waals surface area contributed by atoms with Gasteiger partial charge in [0.2, 0.25) is 0 Å². The topological polar surface area (TPSA) is 66.5 Å². The van der Waals surface area contributed by atoms with E-state index in [-0.39, 0.29) is 5.97 Å². The van der Waals surface area contributed by atoms with Gasteiger partial charge >= 0.3 is 5.97 Å². The molecule has 90 valence electrons. The average Bonchev–Trinajstić information content (AvgIpc) is 2.65. The second-order valence-electron chi connectivity index (χ2n) is 3.46. The van der Waals surface area contributed by atoms with Gasteiger partial charge in [0.05, 0.1) is 19.4 Å². The second-order valence-corrected chi connectivity index (χ2v) is 3.46. The van der Waals surface area contributed by atoms with Crippen LogP contribution in [0.25, 0.3) is 0 Å². The Hall–Kier alpha value is -1.49. The molecule has 5 nitrogen and oxygen atoms in total. The molecule has 1 rings (SSSR count). The molecular weight excluding hydrogens is 208 g/mol. The Morgan fingerprint density at radius 1 is 1.50 bits per heavy atom. The zero-order chi connectivity index (χ0) is 12.0. The summed E-state index contributed by atoms with van der Waals surface area (Å²) in [6.45, 7) is 3.94. The molecule has 0 aromatic carbocycles. The highest BCUT2D eigenvalue weighted by atomic mass is 16.5. The summed E-state index contributed by atoms with van der Waals surface area (Å²) < 4.78 is 11.8. The first-order valence-electron chi connectivity index (χ1n) is 5.30. The highest BCUT2D eigenvalue weighted by molar-refractivity contribution is 5.88. The van der Waals surface area contributed by atoms with E-state index in [1.807, 2.05) is 6.92 Å². The van der Waals surface area contributed by atoms with Crippen molar-refractivity contribution in [2.24, 2.45) is 0 Å². The molecule has 1 heterocycles. The Morgan fingerprint density at radius 2 is 2.25 bits per heavy atom. The van der Waals surface area contributed by atoms with Gasteiger partial charge in [-0.25, -0.2) is 4.79 Å². The van der Waals surface area contributed by atoms with Gasteiger partial charge in [-0.1, -0.05) is 6.92 Å². The minimum absolute atomic E-state index is 0.382. The van der Waals surface area contributed by atoms with E-state index in [1.165, 1.54) is 7.11 Å². The smallest absolute Gasteiger partial charge is 0.354 e. The van der Waals surface area contributed by atoms with Gasteiger partial charge in [0.15, 0.2) is 0 Å². The van der Waals surface area contributed by atoms with Crippen LogP contribution in [0.4, 0.5) is 5.69 Å². The lowest BCUT2D eigenvalue weighted by Crippen LogP contribution is -2.13. The number of nitrogens with two attached hydrogens (primary N) is 1. The molecular formula is C11H18N2O3. The lowest BCUT2D eigenvalue weighted by molar-refractivity contribution is 0.0584. The maximum Gasteiger partial charge on any atom is 0.354 e. The number of methoxy groups -OCH3 is 1. The molecule has 0 unspecified atom stereocenters. The first-order valence-corrected chi connectivity index (χ1v) is 5.30. The van der Waals surface area contributed by atoms with E-state index in [2.05, 4.69) is 4.74 Å². The quantitative estimate of drug-likeness (QED) is 0.586. The van der Waals surface area contributed by atoms with Crippen molar-refractivity contribution in [2.75, 3.05) is 26.1 Å². The second kappa shape index (κ2) is 6.17. The number of hydrogen-bond donors (Lipinski definition) is 1. The van der Waals surface area contributed by atoms with Gasteiger partial charge in [-0.05, 0) is 12.5 Å². The van der Waals surface area contributed by atoms with Crippen LogP contribution in [0.3, 0.4) is 0 Å². The summed E-state index contributed by atoms with van der Waals surface area (Å²) in [7, 11) is 1.35. The summed E-state index contributed by atoms with van der Waals surface area (Å²) in [5, 5.41) is 0.